The summed E-state index contributed by atoms with van der Waals surface area (Å²) in [6, 6.07) is 0. The maximum atomic E-state index is 9.91. The highest BCUT2D eigenvalue weighted by Crippen LogP contribution is 2.28. The zero-order valence-corrected chi connectivity index (χ0v) is 13.5. The molecule has 0 amide bonds. The maximum absolute atomic E-state index is 9.91. The van der Waals surface area contributed by atoms with Crippen LogP contribution in [-0.4, -0.2) is 109 Å². The van der Waals surface area contributed by atoms with Gasteiger partial charge in [0.05, 0.1) is 12.7 Å². The van der Waals surface area contributed by atoms with Gasteiger partial charge in [0.2, 0.25) is 0 Å². The van der Waals surface area contributed by atoms with Gasteiger partial charge in [0.1, 0.15) is 42.7 Å². The zero-order valence-electron chi connectivity index (χ0n) is 11.9. The lowest BCUT2D eigenvalue weighted by molar-refractivity contribution is -0.373. The fourth-order valence-electron chi connectivity index (χ4n) is 2.47. The van der Waals surface area contributed by atoms with E-state index in [-0.39, 0.29) is 5.33 Å². The quantitative estimate of drug-likeness (QED) is 0.229. The average Bonchev–Trinajstić information content (AvgIpc) is 2.55. The van der Waals surface area contributed by atoms with E-state index in [1.54, 1.807) is 0 Å². The molecule has 7 N–H and O–H groups in total. The molecule has 10 nitrogen and oxygen atoms in total. The number of aliphatic hydroxyl groups excluding tert-OH is 7. The average molecular weight is 405 g/mol. The summed E-state index contributed by atoms with van der Waals surface area (Å²) in [6.07, 6.45) is -14.4. The normalized spacial score (nSPS) is 51.7. The third-order valence-electron chi connectivity index (χ3n) is 3.94. The van der Waals surface area contributed by atoms with Crippen LogP contribution >= 0.6 is 15.9 Å². The predicted octanol–water partition coefficient (Wildman–Crippen LogP) is -3.99. The first kappa shape index (κ1) is 19.4. The Hall–Kier alpha value is 0.0800. The van der Waals surface area contributed by atoms with Crippen molar-refractivity contribution in [2.45, 2.75) is 61.4 Å². The Labute approximate surface area is 140 Å². The second kappa shape index (κ2) is 7.97. The van der Waals surface area contributed by atoms with Gasteiger partial charge < -0.3 is 50.0 Å². The molecule has 23 heavy (non-hydrogen) atoms. The maximum Gasteiger partial charge on any atom is 0.189 e. The molecule has 2 rings (SSSR count). The first-order valence-corrected chi connectivity index (χ1v) is 8.15. The summed E-state index contributed by atoms with van der Waals surface area (Å²) in [6.45, 7) is -0.635. The molecule has 10 atom stereocenters. The molecule has 0 spiro atoms. The van der Waals surface area contributed by atoms with E-state index in [9.17, 15) is 30.6 Å². The molecule has 0 radical (unpaired) electrons. The summed E-state index contributed by atoms with van der Waals surface area (Å²) in [7, 11) is 0. The summed E-state index contributed by atoms with van der Waals surface area (Å²) >= 11 is 3.08. The van der Waals surface area contributed by atoms with E-state index < -0.39 is 68.0 Å². The van der Waals surface area contributed by atoms with Crippen molar-refractivity contribution >= 4 is 15.9 Å². The molecule has 136 valence electrons. The van der Waals surface area contributed by atoms with Crippen LogP contribution in [0.4, 0.5) is 0 Å². The number of hydrogen-bond acceptors (Lipinski definition) is 10. The molecule has 0 aromatic heterocycles. The van der Waals surface area contributed by atoms with Gasteiger partial charge in [-0.3, -0.25) is 0 Å². The van der Waals surface area contributed by atoms with Gasteiger partial charge in [-0.2, -0.15) is 0 Å². The number of hydrogen-bond donors (Lipinski definition) is 7. The minimum atomic E-state index is -1.67. The van der Waals surface area contributed by atoms with Gasteiger partial charge in [-0.1, -0.05) is 15.9 Å². The van der Waals surface area contributed by atoms with E-state index >= 15 is 0 Å². The standard InChI is InChI=1S/C12H21BrO10/c13-1-3-5(15)7(17)9(19)11(21-3)23-12-10(20)8(18)6(16)4(2-14)22-12/h3-12,14-20H,1-2H2/t3?,4?,5-,6-,7?,8?,9?,10?,11-,12-/m1/s1. The number of halogens is 1. The second-order valence-corrected chi connectivity index (χ2v) is 6.15. The minimum Gasteiger partial charge on any atom is -0.394 e. The number of ether oxygens (including phenoxy) is 3. The van der Waals surface area contributed by atoms with Crippen LogP contribution in [0, 0.1) is 0 Å². The van der Waals surface area contributed by atoms with E-state index in [0.29, 0.717) is 0 Å². The lowest BCUT2D eigenvalue weighted by Crippen LogP contribution is -2.63. The highest BCUT2D eigenvalue weighted by atomic mass is 79.9. The van der Waals surface area contributed by atoms with Crippen LogP contribution in [0.5, 0.6) is 0 Å². The van der Waals surface area contributed by atoms with Gasteiger partial charge in [0.25, 0.3) is 0 Å². The van der Waals surface area contributed by atoms with Crippen molar-refractivity contribution in [3.63, 3.8) is 0 Å². The fraction of sp³-hybridized carbons (Fsp3) is 1.00. The Morgan fingerprint density at radius 1 is 0.696 bits per heavy atom. The van der Waals surface area contributed by atoms with Crippen LogP contribution in [0.3, 0.4) is 0 Å². The molecule has 0 saturated carbocycles. The monoisotopic (exact) mass is 404 g/mol. The van der Waals surface area contributed by atoms with Crippen LogP contribution < -0.4 is 0 Å². The first-order valence-electron chi connectivity index (χ1n) is 7.03. The van der Waals surface area contributed by atoms with E-state index in [4.69, 9.17) is 19.3 Å². The van der Waals surface area contributed by atoms with Crippen LogP contribution in [0.15, 0.2) is 0 Å². The van der Waals surface area contributed by atoms with Crippen molar-refractivity contribution < 1.29 is 50.0 Å². The molecular formula is C12H21BrO10. The summed E-state index contributed by atoms with van der Waals surface area (Å²) < 4.78 is 15.7. The number of aliphatic hydroxyl groups is 7. The molecule has 2 fully saturated rings. The number of rotatable bonds is 4. The van der Waals surface area contributed by atoms with Crippen LogP contribution in [0.1, 0.15) is 0 Å². The van der Waals surface area contributed by atoms with Crippen molar-refractivity contribution in [2.24, 2.45) is 0 Å². The lowest BCUT2D eigenvalue weighted by atomic mass is 9.98. The second-order valence-electron chi connectivity index (χ2n) is 5.50. The number of alkyl halides is 1. The van der Waals surface area contributed by atoms with Crippen molar-refractivity contribution in [2.75, 3.05) is 11.9 Å². The van der Waals surface area contributed by atoms with Crippen molar-refractivity contribution in [3.8, 4) is 0 Å². The summed E-state index contributed by atoms with van der Waals surface area (Å²) in [5.41, 5.74) is 0. The minimum absolute atomic E-state index is 0.145. The third-order valence-corrected chi connectivity index (χ3v) is 4.58. The Balaban J connectivity index is 2.07. The summed E-state index contributed by atoms with van der Waals surface area (Å²) in [4.78, 5) is 0. The van der Waals surface area contributed by atoms with Crippen molar-refractivity contribution in [1.29, 1.82) is 0 Å². The van der Waals surface area contributed by atoms with Gasteiger partial charge >= 0.3 is 0 Å². The van der Waals surface area contributed by atoms with Crippen molar-refractivity contribution in [3.05, 3.63) is 0 Å². The van der Waals surface area contributed by atoms with Gasteiger partial charge in [0, 0.05) is 5.33 Å². The molecule has 0 aromatic carbocycles. The molecule has 2 aliphatic heterocycles. The molecule has 6 unspecified atom stereocenters. The van der Waals surface area contributed by atoms with Crippen LogP contribution in [-0.2, 0) is 14.2 Å². The SMILES string of the molecule is OCC1O[C@H](O[C@H]2OC(CBr)[C@@H](O)C(O)C2O)C(O)C(O)[C@@H]1O. The molecule has 2 saturated heterocycles. The zero-order chi connectivity index (χ0) is 17.3. The van der Waals surface area contributed by atoms with Gasteiger partial charge in [-0.25, -0.2) is 0 Å². The van der Waals surface area contributed by atoms with Crippen LogP contribution in [0.25, 0.3) is 0 Å². The van der Waals surface area contributed by atoms with Crippen molar-refractivity contribution in [1.82, 2.24) is 0 Å². The lowest BCUT2D eigenvalue weighted by Gasteiger charge is -2.44. The Morgan fingerprint density at radius 2 is 1.13 bits per heavy atom. The smallest absolute Gasteiger partial charge is 0.189 e. The molecule has 0 aromatic rings. The van der Waals surface area contributed by atoms with E-state index in [1.165, 1.54) is 0 Å². The van der Waals surface area contributed by atoms with Crippen LogP contribution in [0.2, 0.25) is 0 Å². The van der Waals surface area contributed by atoms with Gasteiger partial charge in [-0.15, -0.1) is 0 Å². The summed E-state index contributed by atoms with van der Waals surface area (Å²) in [5, 5.41) is 67.9. The largest absolute Gasteiger partial charge is 0.394 e. The Kier molecular flexibility index (Phi) is 6.73. The summed E-state index contributed by atoms with van der Waals surface area (Å²) in [5.74, 6) is 0. The topological polar surface area (TPSA) is 169 Å². The molecule has 2 heterocycles. The van der Waals surface area contributed by atoms with Gasteiger partial charge in [-0.05, 0) is 0 Å². The first-order chi connectivity index (χ1) is 10.8. The van der Waals surface area contributed by atoms with E-state index in [2.05, 4.69) is 15.9 Å². The Morgan fingerprint density at radius 3 is 1.57 bits per heavy atom. The molecule has 0 aliphatic carbocycles. The third kappa shape index (κ3) is 3.85. The molecule has 11 heteroatoms. The van der Waals surface area contributed by atoms with Gasteiger partial charge in [0.15, 0.2) is 12.6 Å². The highest BCUT2D eigenvalue weighted by molar-refractivity contribution is 9.09. The van der Waals surface area contributed by atoms with E-state index in [0.717, 1.165) is 0 Å². The van der Waals surface area contributed by atoms with E-state index in [1.807, 2.05) is 0 Å². The fourth-order valence-corrected chi connectivity index (χ4v) is 3.00. The molecule has 0 bridgehead atoms. The molecule has 2 aliphatic rings. The predicted molar refractivity (Wildman–Crippen MR) is 75.3 cm³/mol. The molecular weight excluding hydrogens is 384 g/mol. The highest BCUT2D eigenvalue weighted by Gasteiger charge is 2.49. The Bertz CT molecular complexity index is 349.